The van der Waals surface area contributed by atoms with Crippen molar-refractivity contribution in [3.63, 3.8) is 0 Å². The Labute approximate surface area is 239 Å². The molecule has 2 fully saturated rings. The number of amides is 1. The van der Waals surface area contributed by atoms with Gasteiger partial charge in [0.1, 0.15) is 12.4 Å². The number of hydrogen-bond donors (Lipinski definition) is 0. The second-order valence-electron chi connectivity index (χ2n) is 13.4. The van der Waals surface area contributed by atoms with E-state index >= 15 is 0 Å². The van der Waals surface area contributed by atoms with Crippen LogP contribution in [0.15, 0.2) is 48.5 Å². The molecule has 0 N–H and O–H groups in total. The van der Waals surface area contributed by atoms with E-state index < -0.39 is 0 Å². The average molecular weight is 548 g/mol. The quantitative estimate of drug-likeness (QED) is 0.254. The molecule has 0 aromatic heterocycles. The number of piperidine rings is 1. The first kappa shape index (κ1) is 28.5. The molecule has 1 unspecified atom stereocenters. The average Bonchev–Trinajstić information content (AvgIpc) is 2.91. The van der Waals surface area contributed by atoms with Crippen molar-refractivity contribution in [1.82, 2.24) is 4.90 Å². The zero-order valence-corrected chi connectivity index (χ0v) is 24.6. The fraction of sp³-hybridized carbons (Fsp3) is 0.588. The molecule has 5 rings (SSSR count). The van der Waals surface area contributed by atoms with Gasteiger partial charge < -0.3 is 19.1 Å². The van der Waals surface area contributed by atoms with E-state index in [1.54, 1.807) is 0 Å². The van der Waals surface area contributed by atoms with Gasteiger partial charge in [0.2, 0.25) is 6.79 Å². The lowest BCUT2D eigenvalue weighted by Gasteiger charge is -2.58. The minimum Gasteiger partial charge on any atom is -0.457 e. The van der Waals surface area contributed by atoms with Crippen LogP contribution in [0.3, 0.4) is 0 Å². The number of hydrogen-bond acceptors (Lipinski definition) is 5. The minimum absolute atomic E-state index is 0.0607. The predicted octanol–water partition coefficient (Wildman–Crippen LogP) is 7.42. The minimum atomic E-state index is -0.213. The first-order valence-electron chi connectivity index (χ1n) is 15.0. The number of carbonyl (C=O) groups excluding carboxylic acids is 2. The van der Waals surface area contributed by atoms with Crippen molar-refractivity contribution in [3.05, 3.63) is 65.2 Å². The van der Waals surface area contributed by atoms with Crippen molar-refractivity contribution in [2.24, 2.45) is 17.3 Å². The Kier molecular flexibility index (Phi) is 8.44. The second-order valence-corrected chi connectivity index (χ2v) is 13.4. The largest absolute Gasteiger partial charge is 0.457 e. The van der Waals surface area contributed by atoms with E-state index in [0.717, 1.165) is 43.4 Å². The van der Waals surface area contributed by atoms with Crippen molar-refractivity contribution in [2.45, 2.75) is 97.1 Å². The van der Waals surface area contributed by atoms with Gasteiger partial charge in [-0.15, -0.1) is 0 Å². The highest BCUT2D eigenvalue weighted by atomic mass is 16.7. The van der Waals surface area contributed by atoms with Crippen molar-refractivity contribution in [2.75, 3.05) is 13.3 Å². The maximum Gasteiger partial charge on any atom is 0.410 e. The van der Waals surface area contributed by atoms with Crippen LogP contribution in [0.4, 0.5) is 4.79 Å². The topological polar surface area (TPSA) is 65.1 Å². The molecular formula is C34H45NO5. The Bertz CT molecular complexity index is 1190. The molecular weight excluding hydrogens is 502 g/mol. The van der Waals surface area contributed by atoms with Crippen LogP contribution in [-0.4, -0.2) is 36.3 Å². The van der Waals surface area contributed by atoms with Crippen LogP contribution in [0.25, 0.3) is 0 Å². The van der Waals surface area contributed by atoms with Gasteiger partial charge >= 0.3 is 12.1 Å². The van der Waals surface area contributed by atoms with Gasteiger partial charge in [-0.25, -0.2) is 4.79 Å². The van der Waals surface area contributed by atoms with E-state index in [1.807, 2.05) is 41.3 Å². The van der Waals surface area contributed by atoms with Crippen molar-refractivity contribution < 1.29 is 23.8 Å². The zero-order chi connectivity index (χ0) is 28.3. The third-order valence-corrected chi connectivity index (χ3v) is 9.17. The molecule has 2 aromatic rings. The molecule has 4 atom stereocenters. The SMILES string of the molecule is CC(CC(=O)OCOc1ccc2c(c1)[C@@]13CCCC[C@@H]1[C@H](C2)N(C(=O)OCc1ccccc1)CC3)CC(C)(C)C. The number of esters is 1. The smallest absolute Gasteiger partial charge is 0.410 e. The Morgan fingerprint density at radius 3 is 2.62 bits per heavy atom. The third-order valence-electron chi connectivity index (χ3n) is 9.17. The van der Waals surface area contributed by atoms with Crippen LogP contribution in [-0.2, 0) is 32.7 Å². The summed E-state index contributed by atoms with van der Waals surface area (Å²) >= 11 is 0. The third kappa shape index (κ3) is 6.31. The standard InChI is InChI=1S/C34H45NO5/c1-24(21-33(2,3)4)18-31(36)40-23-39-27-14-13-26-19-30-28-12-8-9-15-34(28,29(26)20-27)16-17-35(30)32(37)38-22-25-10-6-5-7-11-25/h5-7,10-11,13-14,20,24,28,30H,8-9,12,15-19,21-23H2,1-4H3/t24?,28-,30+,34-/m1/s1. The molecule has 1 aliphatic heterocycles. The molecule has 2 bridgehead atoms. The van der Waals surface area contributed by atoms with Crippen LogP contribution in [0.2, 0.25) is 0 Å². The fourth-order valence-corrected chi connectivity index (χ4v) is 7.73. The molecule has 2 aromatic carbocycles. The van der Waals surface area contributed by atoms with Crippen LogP contribution in [0.1, 0.15) is 89.3 Å². The van der Waals surface area contributed by atoms with E-state index in [-0.39, 0.29) is 41.6 Å². The lowest BCUT2D eigenvalue weighted by molar-refractivity contribution is -0.151. The van der Waals surface area contributed by atoms with Crippen LogP contribution in [0.5, 0.6) is 5.75 Å². The zero-order valence-electron chi connectivity index (χ0n) is 24.6. The summed E-state index contributed by atoms with van der Waals surface area (Å²) in [6, 6.07) is 16.3. The molecule has 216 valence electrons. The highest BCUT2D eigenvalue weighted by molar-refractivity contribution is 5.70. The van der Waals surface area contributed by atoms with E-state index in [9.17, 15) is 9.59 Å². The van der Waals surface area contributed by atoms with Gasteiger partial charge in [0.15, 0.2) is 0 Å². The molecule has 0 radical (unpaired) electrons. The number of carbonyl (C=O) groups is 2. The summed E-state index contributed by atoms with van der Waals surface area (Å²) in [6.45, 7) is 9.61. The van der Waals surface area contributed by atoms with Gasteiger partial charge in [0.25, 0.3) is 0 Å². The van der Waals surface area contributed by atoms with Gasteiger partial charge in [-0.1, -0.05) is 76.9 Å². The van der Waals surface area contributed by atoms with Crippen molar-refractivity contribution >= 4 is 12.1 Å². The Morgan fingerprint density at radius 2 is 1.85 bits per heavy atom. The Balaban J connectivity index is 1.24. The number of nitrogens with zero attached hydrogens (tertiary/aromatic N) is 1. The molecule has 2 aliphatic carbocycles. The van der Waals surface area contributed by atoms with Gasteiger partial charge in [0.05, 0.1) is 0 Å². The van der Waals surface area contributed by atoms with Gasteiger partial charge in [-0.2, -0.15) is 0 Å². The van der Waals surface area contributed by atoms with E-state index in [0.29, 0.717) is 25.5 Å². The van der Waals surface area contributed by atoms with Crippen LogP contribution in [0, 0.1) is 17.3 Å². The molecule has 1 saturated heterocycles. The second kappa shape index (κ2) is 11.8. The summed E-state index contributed by atoms with van der Waals surface area (Å²) in [6.07, 6.45) is 7.62. The van der Waals surface area contributed by atoms with E-state index in [4.69, 9.17) is 14.2 Å². The number of fused-ring (bicyclic) bond motifs is 1. The van der Waals surface area contributed by atoms with Crippen LogP contribution >= 0.6 is 0 Å². The monoisotopic (exact) mass is 547 g/mol. The molecule has 1 saturated carbocycles. The summed E-state index contributed by atoms with van der Waals surface area (Å²) in [5.41, 5.74) is 3.92. The lowest BCUT2D eigenvalue weighted by Crippen LogP contribution is -2.62. The maximum absolute atomic E-state index is 13.3. The Morgan fingerprint density at radius 1 is 1.05 bits per heavy atom. The maximum atomic E-state index is 13.3. The summed E-state index contributed by atoms with van der Waals surface area (Å²) in [5.74, 6) is 1.23. The van der Waals surface area contributed by atoms with Gasteiger partial charge in [-0.05, 0) is 78.2 Å². The number of rotatable bonds is 8. The first-order valence-corrected chi connectivity index (χ1v) is 15.0. The van der Waals surface area contributed by atoms with E-state index in [2.05, 4.69) is 39.8 Å². The fourth-order valence-electron chi connectivity index (χ4n) is 7.73. The normalized spacial score (nSPS) is 24.4. The van der Waals surface area contributed by atoms with Gasteiger partial charge in [-0.3, -0.25) is 4.79 Å². The predicted molar refractivity (Wildman–Crippen MR) is 155 cm³/mol. The number of ether oxygens (including phenoxy) is 3. The number of likely N-dealkylation sites (tertiary alicyclic amines) is 1. The molecule has 0 spiro atoms. The summed E-state index contributed by atoms with van der Waals surface area (Å²) < 4.78 is 17.2. The van der Waals surface area contributed by atoms with Gasteiger partial charge in [0, 0.05) is 24.4 Å². The molecule has 6 nitrogen and oxygen atoms in total. The Hall–Kier alpha value is -3.02. The highest BCUT2D eigenvalue weighted by Gasteiger charge is 2.55. The van der Waals surface area contributed by atoms with Crippen molar-refractivity contribution in [3.8, 4) is 5.75 Å². The molecule has 1 heterocycles. The highest BCUT2D eigenvalue weighted by Crippen LogP contribution is 2.56. The van der Waals surface area contributed by atoms with E-state index in [1.165, 1.54) is 24.0 Å². The number of benzene rings is 2. The molecule has 40 heavy (non-hydrogen) atoms. The molecule has 1 amide bonds. The molecule has 6 heteroatoms. The lowest BCUT2D eigenvalue weighted by atomic mass is 9.52. The summed E-state index contributed by atoms with van der Waals surface area (Å²) in [4.78, 5) is 27.6. The summed E-state index contributed by atoms with van der Waals surface area (Å²) in [5, 5.41) is 0. The van der Waals surface area contributed by atoms with Crippen LogP contribution < -0.4 is 4.74 Å². The first-order chi connectivity index (χ1) is 19.1. The summed E-state index contributed by atoms with van der Waals surface area (Å²) in [7, 11) is 0. The molecule has 3 aliphatic rings. The van der Waals surface area contributed by atoms with Crippen molar-refractivity contribution in [1.29, 1.82) is 0 Å².